The summed E-state index contributed by atoms with van der Waals surface area (Å²) in [6, 6.07) is 7.76. The molecular formula is C13H6ClF5N2. The highest BCUT2D eigenvalue weighted by Gasteiger charge is 2.59. The van der Waals surface area contributed by atoms with E-state index in [4.69, 9.17) is 16.9 Å². The van der Waals surface area contributed by atoms with Gasteiger partial charge in [-0.1, -0.05) is 23.7 Å². The van der Waals surface area contributed by atoms with E-state index in [0.717, 1.165) is 0 Å². The quantitative estimate of drug-likeness (QED) is 0.788. The van der Waals surface area contributed by atoms with E-state index in [9.17, 15) is 22.0 Å². The molecule has 0 unspecified atom stereocenters. The third kappa shape index (κ3) is 2.72. The van der Waals surface area contributed by atoms with Crippen LogP contribution in [0, 0.1) is 11.3 Å². The number of aromatic amines is 1. The Labute approximate surface area is 120 Å². The van der Waals surface area contributed by atoms with Gasteiger partial charge in [-0.2, -0.15) is 27.2 Å². The highest BCUT2D eigenvalue weighted by Crippen LogP contribution is 2.44. The first-order chi connectivity index (χ1) is 9.66. The summed E-state index contributed by atoms with van der Waals surface area (Å²) in [5.74, 6) is -5.07. The predicted octanol–water partition coefficient (Wildman–Crippen LogP) is 4.86. The molecule has 0 saturated carbocycles. The van der Waals surface area contributed by atoms with Gasteiger partial charge in [0.05, 0.1) is 17.0 Å². The lowest BCUT2D eigenvalue weighted by Gasteiger charge is -2.17. The fourth-order valence-corrected chi connectivity index (χ4v) is 1.83. The van der Waals surface area contributed by atoms with Gasteiger partial charge in [0, 0.05) is 5.02 Å². The van der Waals surface area contributed by atoms with E-state index in [-0.39, 0.29) is 16.8 Å². The molecule has 0 spiro atoms. The molecule has 0 bridgehead atoms. The molecule has 21 heavy (non-hydrogen) atoms. The second-order valence-electron chi connectivity index (χ2n) is 4.16. The maximum Gasteiger partial charge on any atom is 0.459 e. The zero-order valence-electron chi connectivity index (χ0n) is 10.1. The summed E-state index contributed by atoms with van der Waals surface area (Å²) in [4.78, 5) is 1.98. The average molecular weight is 321 g/mol. The van der Waals surface area contributed by atoms with Crippen molar-refractivity contribution in [3.05, 3.63) is 46.6 Å². The highest BCUT2D eigenvalue weighted by atomic mass is 35.5. The smallest absolute Gasteiger partial charge is 0.352 e. The Morgan fingerprint density at radius 2 is 1.62 bits per heavy atom. The molecule has 1 heterocycles. The number of alkyl halides is 5. The topological polar surface area (TPSA) is 39.6 Å². The lowest BCUT2D eigenvalue weighted by atomic mass is 10.1. The molecule has 1 aromatic heterocycles. The summed E-state index contributed by atoms with van der Waals surface area (Å²) in [7, 11) is 0. The standard InChI is InChI=1S/C13H6ClF5N2/c14-9-3-1-7(2-4-9)11-8(6-20)5-10(21-11)12(15,16)13(17,18)19/h1-5,21H. The Kier molecular flexibility index (Phi) is 3.68. The van der Waals surface area contributed by atoms with Crippen molar-refractivity contribution in [1.82, 2.24) is 4.98 Å². The van der Waals surface area contributed by atoms with E-state index in [0.29, 0.717) is 11.1 Å². The van der Waals surface area contributed by atoms with Crippen molar-refractivity contribution in [3.8, 4) is 17.3 Å². The Balaban J connectivity index is 2.56. The number of nitriles is 1. The Bertz CT molecular complexity index is 695. The molecule has 2 nitrogen and oxygen atoms in total. The van der Waals surface area contributed by atoms with Crippen molar-refractivity contribution >= 4 is 11.6 Å². The normalized spacial score (nSPS) is 12.2. The molecule has 1 N–H and O–H groups in total. The molecule has 0 fully saturated rings. The van der Waals surface area contributed by atoms with Gasteiger partial charge in [-0.25, -0.2) is 0 Å². The van der Waals surface area contributed by atoms with E-state index < -0.39 is 17.8 Å². The van der Waals surface area contributed by atoms with Gasteiger partial charge in [0.1, 0.15) is 6.07 Å². The fourth-order valence-electron chi connectivity index (χ4n) is 1.71. The second-order valence-corrected chi connectivity index (χ2v) is 4.60. The number of nitrogens with one attached hydrogen (secondary N) is 1. The Morgan fingerprint density at radius 3 is 2.10 bits per heavy atom. The molecule has 8 heteroatoms. The van der Waals surface area contributed by atoms with Gasteiger partial charge in [-0.15, -0.1) is 0 Å². The van der Waals surface area contributed by atoms with Gasteiger partial charge < -0.3 is 4.98 Å². The fraction of sp³-hybridized carbons (Fsp3) is 0.154. The van der Waals surface area contributed by atoms with Crippen molar-refractivity contribution in [3.63, 3.8) is 0 Å². The Hall–Kier alpha value is -2.07. The molecule has 0 saturated heterocycles. The number of halogens is 6. The lowest BCUT2D eigenvalue weighted by molar-refractivity contribution is -0.290. The molecule has 2 aromatic rings. The van der Waals surface area contributed by atoms with E-state index in [1.54, 1.807) is 6.07 Å². The van der Waals surface area contributed by atoms with E-state index >= 15 is 0 Å². The van der Waals surface area contributed by atoms with Crippen LogP contribution in [0.15, 0.2) is 30.3 Å². The van der Waals surface area contributed by atoms with Crippen LogP contribution >= 0.6 is 11.6 Å². The van der Waals surface area contributed by atoms with Crippen LogP contribution < -0.4 is 0 Å². The van der Waals surface area contributed by atoms with Gasteiger partial charge >= 0.3 is 12.1 Å². The van der Waals surface area contributed by atoms with Crippen molar-refractivity contribution < 1.29 is 22.0 Å². The first kappa shape index (κ1) is 15.3. The monoisotopic (exact) mass is 320 g/mol. The molecule has 2 rings (SSSR count). The molecule has 0 aliphatic heterocycles. The molecule has 110 valence electrons. The number of H-pyrrole nitrogens is 1. The van der Waals surface area contributed by atoms with Crippen LogP contribution in [0.25, 0.3) is 11.3 Å². The molecule has 1 aromatic carbocycles. The van der Waals surface area contributed by atoms with Crippen LogP contribution in [-0.2, 0) is 5.92 Å². The number of hydrogen-bond donors (Lipinski definition) is 1. The molecule has 0 aliphatic carbocycles. The minimum atomic E-state index is -5.75. The van der Waals surface area contributed by atoms with Crippen LogP contribution in [0.1, 0.15) is 11.3 Å². The summed E-state index contributed by atoms with van der Waals surface area (Å²) in [6.45, 7) is 0. The van der Waals surface area contributed by atoms with E-state index in [1.807, 2.05) is 4.98 Å². The van der Waals surface area contributed by atoms with Crippen LogP contribution in [-0.4, -0.2) is 11.2 Å². The molecular weight excluding hydrogens is 315 g/mol. The number of rotatable bonds is 2. The maximum absolute atomic E-state index is 13.3. The summed E-state index contributed by atoms with van der Waals surface area (Å²) in [5.41, 5.74) is -1.53. The van der Waals surface area contributed by atoms with Crippen molar-refractivity contribution in [2.75, 3.05) is 0 Å². The van der Waals surface area contributed by atoms with Crippen molar-refractivity contribution in [1.29, 1.82) is 5.26 Å². The second kappa shape index (κ2) is 5.04. The number of benzene rings is 1. The molecule has 0 amide bonds. The zero-order chi connectivity index (χ0) is 15.8. The van der Waals surface area contributed by atoms with Gasteiger partial charge in [0.25, 0.3) is 0 Å². The minimum Gasteiger partial charge on any atom is -0.352 e. The van der Waals surface area contributed by atoms with E-state index in [1.165, 1.54) is 24.3 Å². The number of nitrogens with zero attached hydrogens (tertiary/aromatic N) is 1. The first-order valence-electron chi connectivity index (χ1n) is 5.51. The van der Waals surface area contributed by atoms with Crippen molar-refractivity contribution in [2.24, 2.45) is 0 Å². The first-order valence-corrected chi connectivity index (χ1v) is 5.88. The van der Waals surface area contributed by atoms with Crippen LogP contribution in [0.3, 0.4) is 0 Å². The lowest BCUT2D eigenvalue weighted by Crippen LogP contribution is -2.33. The van der Waals surface area contributed by atoms with Gasteiger partial charge in [0.2, 0.25) is 0 Å². The summed E-state index contributed by atoms with van der Waals surface area (Å²) in [6.07, 6.45) is -5.75. The third-order valence-electron chi connectivity index (χ3n) is 2.77. The zero-order valence-corrected chi connectivity index (χ0v) is 10.9. The minimum absolute atomic E-state index is 0.118. The van der Waals surface area contributed by atoms with Crippen LogP contribution in [0.2, 0.25) is 5.02 Å². The van der Waals surface area contributed by atoms with Gasteiger partial charge in [-0.3, -0.25) is 0 Å². The molecule has 0 radical (unpaired) electrons. The third-order valence-corrected chi connectivity index (χ3v) is 3.02. The highest BCUT2D eigenvalue weighted by molar-refractivity contribution is 6.30. The van der Waals surface area contributed by atoms with Crippen molar-refractivity contribution in [2.45, 2.75) is 12.1 Å². The maximum atomic E-state index is 13.3. The summed E-state index contributed by atoms with van der Waals surface area (Å²) < 4.78 is 63.6. The van der Waals surface area contributed by atoms with Gasteiger partial charge in [0.15, 0.2) is 0 Å². The molecule has 0 atom stereocenters. The SMILES string of the molecule is N#Cc1cc(C(F)(F)C(F)(F)F)[nH]c1-c1ccc(Cl)cc1. The van der Waals surface area contributed by atoms with Crippen LogP contribution in [0.4, 0.5) is 22.0 Å². The number of hydrogen-bond acceptors (Lipinski definition) is 1. The number of aromatic nitrogens is 1. The predicted molar refractivity (Wildman–Crippen MR) is 65.9 cm³/mol. The van der Waals surface area contributed by atoms with Crippen LogP contribution in [0.5, 0.6) is 0 Å². The van der Waals surface area contributed by atoms with Gasteiger partial charge in [-0.05, 0) is 23.8 Å². The Morgan fingerprint density at radius 1 is 1.05 bits per heavy atom. The van der Waals surface area contributed by atoms with E-state index in [2.05, 4.69) is 0 Å². The molecule has 0 aliphatic rings. The summed E-state index contributed by atoms with van der Waals surface area (Å²) >= 11 is 5.67. The largest absolute Gasteiger partial charge is 0.459 e. The summed E-state index contributed by atoms with van der Waals surface area (Å²) in [5, 5.41) is 9.26. The average Bonchev–Trinajstić information content (AvgIpc) is 2.83.